The zero-order chi connectivity index (χ0) is 17.8. The van der Waals surface area contributed by atoms with Gasteiger partial charge in [0.05, 0.1) is 18.2 Å². The standard InChI is InChI=1S/C15H20N4O4S/c1-23-14(20)5-3-2-4-10-16-15(24)18-17-11-12-6-8-13(9-7-12)19(21)22/h6-9,11H,2-5,10H2,1H3,(H2,16,18,24)/b17-11-. The van der Waals surface area contributed by atoms with Crippen LogP contribution in [-0.4, -0.2) is 35.9 Å². The highest BCUT2D eigenvalue weighted by Gasteiger charge is 2.02. The van der Waals surface area contributed by atoms with Crippen molar-refractivity contribution in [2.45, 2.75) is 25.7 Å². The number of nitrogens with zero attached hydrogens (tertiary/aromatic N) is 2. The van der Waals surface area contributed by atoms with E-state index in [1.807, 2.05) is 0 Å². The van der Waals surface area contributed by atoms with E-state index in [9.17, 15) is 14.9 Å². The van der Waals surface area contributed by atoms with E-state index >= 15 is 0 Å². The Morgan fingerprint density at radius 3 is 2.67 bits per heavy atom. The minimum atomic E-state index is -0.455. The van der Waals surface area contributed by atoms with Gasteiger partial charge in [-0.1, -0.05) is 6.42 Å². The number of methoxy groups -OCH3 is 1. The van der Waals surface area contributed by atoms with Gasteiger partial charge in [0.2, 0.25) is 0 Å². The first-order valence-electron chi connectivity index (χ1n) is 7.41. The van der Waals surface area contributed by atoms with Gasteiger partial charge in [-0.2, -0.15) is 5.10 Å². The quantitative estimate of drug-likeness (QED) is 0.175. The number of ether oxygens (including phenoxy) is 1. The van der Waals surface area contributed by atoms with Crippen molar-refractivity contribution in [1.82, 2.24) is 10.7 Å². The summed E-state index contributed by atoms with van der Waals surface area (Å²) in [5, 5.41) is 17.9. The summed E-state index contributed by atoms with van der Waals surface area (Å²) in [6.07, 6.45) is 4.52. The summed E-state index contributed by atoms with van der Waals surface area (Å²) < 4.78 is 4.56. The molecule has 0 saturated carbocycles. The Morgan fingerprint density at radius 1 is 1.33 bits per heavy atom. The van der Waals surface area contributed by atoms with E-state index in [-0.39, 0.29) is 11.7 Å². The van der Waals surface area contributed by atoms with Crippen molar-refractivity contribution in [3.05, 3.63) is 39.9 Å². The fourth-order valence-electron chi connectivity index (χ4n) is 1.76. The smallest absolute Gasteiger partial charge is 0.305 e. The fraction of sp³-hybridized carbons (Fsp3) is 0.400. The van der Waals surface area contributed by atoms with Crippen LogP contribution >= 0.6 is 12.2 Å². The molecule has 0 aromatic heterocycles. The monoisotopic (exact) mass is 352 g/mol. The van der Waals surface area contributed by atoms with Crippen molar-refractivity contribution in [3.8, 4) is 0 Å². The van der Waals surface area contributed by atoms with E-state index in [1.54, 1.807) is 12.1 Å². The summed E-state index contributed by atoms with van der Waals surface area (Å²) in [5.74, 6) is -0.194. The molecule has 0 aliphatic heterocycles. The minimum Gasteiger partial charge on any atom is -0.469 e. The van der Waals surface area contributed by atoms with Gasteiger partial charge in [0.1, 0.15) is 0 Å². The number of benzene rings is 1. The van der Waals surface area contributed by atoms with Crippen LogP contribution in [0, 0.1) is 10.1 Å². The van der Waals surface area contributed by atoms with Gasteiger partial charge >= 0.3 is 5.97 Å². The summed E-state index contributed by atoms with van der Waals surface area (Å²) in [6, 6.07) is 6.01. The van der Waals surface area contributed by atoms with Gasteiger partial charge in [0.15, 0.2) is 5.11 Å². The summed E-state index contributed by atoms with van der Waals surface area (Å²) in [5.41, 5.74) is 3.42. The lowest BCUT2D eigenvalue weighted by Gasteiger charge is -2.06. The molecule has 0 unspecified atom stereocenters. The normalized spacial score (nSPS) is 10.4. The van der Waals surface area contributed by atoms with Gasteiger partial charge in [-0.05, 0) is 42.8 Å². The Bertz CT molecular complexity index is 590. The predicted octanol–water partition coefficient (Wildman–Crippen LogP) is 2.13. The first-order chi connectivity index (χ1) is 11.5. The summed E-state index contributed by atoms with van der Waals surface area (Å²) in [7, 11) is 1.38. The van der Waals surface area contributed by atoms with Crippen LogP contribution < -0.4 is 10.7 Å². The maximum absolute atomic E-state index is 10.9. The van der Waals surface area contributed by atoms with Crippen molar-refractivity contribution in [2.75, 3.05) is 13.7 Å². The van der Waals surface area contributed by atoms with Crippen molar-refractivity contribution in [3.63, 3.8) is 0 Å². The maximum Gasteiger partial charge on any atom is 0.305 e. The van der Waals surface area contributed by atoms with E-state index in [2.05, 4.69) is 20.6 Å². The third-order valence-electron chi connectivity index (χ3n) is 3.05. The number of hydrogen-bond donors (Lipinski definition) is 2. The second-order valence-electron chi connectivity index (χ2n) is 4.86. The molecule has 24 heavy (non-hydrogen) atoms. The van der Waals surface area contributed by atoms with Gasteiger partial charge < -0.3 is 10.1 Å². The fourth-order valence-corrected chi connectivity index (χ4v) is 1.92. The van der Waals surface area contributed by atoms with Crippen molar-refractivity contribution >= 4 is 35.2 Å². The Kier molecular flexibility index (Phi) is 8.98. The van der Waals surface area contributed by atoms with E-state index in [0.717, 1.165) is 24.8 Å². The highest BCUT2D eigenvalue weighted by Crippen LogP contribution is 2.10. The largest absolute Gasteiger partial charge is 0.469 e. The number of non-ortho nitro benzene ring substituents is 1. The molecule has 0 spiro atoms. The zero-order valence-electron chi connectivity index (χ0n) is 13.4. The molecule has 0 radical (unpaired) electrons. The molecule has 8 nitrogen and oxygen atoms in total. The average Bonchev–Trinajstić information content (AvgIpc) is 2.58. The SMILES string of the molecule is COC(=O)CCCCCNC(=S)N/N=C\c1ccc([N+](=O)[O-])cc1. The second-order valence-corrected chi connectivity index (χ2v) is 5.27. The highest BCUT2D eigenvalue weighted by atomic mass is 32.1. The molecule has 2 N–H and O–H groups in total. The summed E-state index contributed by atoms with van der Waals surface area (Å²) in [4.78, 5) is 21.0. The third kappa shape index (κ3) is 8.18. The number of carbonyl (C=O) groups excluding carboxylic acids is 1. The molecule has 0 aliphatic rings. The van der Waals surface area contributed by atoms with Crippen LogP contribution in [0.3, 0.4) is 0 Å². The average molecular weight is 352 g/mol. The summed E-state index contributed by atoms with van der Waals surface area (Å²) >= 11 is 5.06. The number of esters is 1. The van der Waals surface area contributed by atoms with Crippen LogP contribution in [-0.2, 0) is 9.53 Å². The van der Waals surface area contributed by atoms with Crippen LogP contribution in [0.2, 0.25) is 0 Å². The van der Waals surface area contributed by atoms with Gasteiger partial charge in [0.25, 0.3) is 5.69 Å². The Labute approximate surface area is 145 Å². The van der Waals surface area contributed by atoms with E-state index in [0.29, 0.717) is 18.1 Å². The van der Waals surface area contributed by atoms with E-state index < -0.39 is 4.92 Å². The zero-order valence-corrected chi connectivity index (χ0v) is 14.2. The highest BCUT2D eigenvalue weighted by molar-refractivity contribution is 7.80. The molecule has 1 aromatic carbocycles. The molecule has 1 rings (SSSR count). The Morgan fingerprint density at radius 2 is 2.04 bits per heavy atom. The number of thiocarbonyl (C=S) groups is 1. The van der Waals surface area contributed by atoms with Gasteiger partial charge in [-0.3, -0.25) is 20.3 Å². The Hall–Kier alpha value is -2.55. The van der Waals surface area contributed by atoms with Crippen molar-refractivity contribution in [2.24, 2.45) is 5.10 Å². The lowest BCUT2D eigenvalue weighted by molar-refractivity contribution is -0.384. The molecule has 0 fully saturated rings. The van der Waals surface area contributed by atoms with Gasteiger partial charge in [0, 0.05) is 25.1 Å². The molecule has 130 valence electrons. The molecule has 1 aromatic rings. The minimum absolute atomic E-state index is 0.0319. The first kappa shape index (κ1) is 19.5. The maximum atomic E-state index is 10.9. The molecule has 0 bridgehead atoms. The van der Waals surface area contributed by atoms with Crippen LogP contribution in [0.15, 0.2) is 29.4 Å². The molecular weight excluding hydrogens is 332 g/mol. The van der Waals surface area contributed by atoms with Crippen LogP contribution in [0.1, 0.15) is 31.2 Å². The predicted molar refractivity (Wildman–Crippen MR) is 94.9 cm³/mol. The number of nitrogens with one attached hydrogen (secondary N) is 2. The second kappa shape index (κ2) is 11.1. The number of nitro groups is 1. The van der Waals surface area contributed by atoms with Crippen LogP contribution in [0.25, 0.3) is 0 Å². The van der Waals surface area contributed by atoms with E-state index in [4.69, 9.17) is 12.2 Å². The molecule has 0 saturated heterocycles. The molecule has 0 amide bonds. The number of nitro benzene ring substituents is 1. The molecular formula is C15H20N4O4S. The third-order valence-corrected chi connectivity index (χ3v) is 3.29. The number of unbranched alkanes of at least 4 members (excludes halogenated alkanes) is 2. The lowest BCUT2D eigenvalue weighted by Crippen LogP contribution is -2.32. The number of hydrazone groups is 1. The summed E-state index contributed by atoms with van der Waals surface area (Å²) in [6.45, 7) is 0.681. The Balaban J connectivity index is 2.17. The number of rotatable bonds is 9. The van der Waals surface area contributed by atoms with Crippen molar-refractivity contribution in [1.29, 1.82) is 0 Å². The van der Waals surface area contributed by atoms with Gasteiger partial charge in [-0.15, -0.1) is 0 Å². The molecule has 9 heteroatoms. The molecule has 0 heterocycles. The molecule has 0 atom stereocenters. The molecule has 0 aliphatic carbocycles. The van der Waals surface area contributed by atoms with Crippen molar-refractivity contribution < 1.29 is 14.5 Å². The van der Waals surface area contributed by atoms with E-state index in [1.165, 1.54) is 25.5 Å². The lowest BCUT2D eigenvalue weighted by atomic mass is 10.2. The number of hydrogen-bond acceptors (Lipinski definition) is 6. The van der Waals surface area contributed by atoms with Crippen LogP contribution in [0.4, 0.5) is 5.69 Å². The first-order valence-corrected chi connectivity index (χ1v) is 7.82. The van der Waals surface area contributed by atoms with Gasteiger partial charge in [-0.25, -0.2) is 0 Å². The number of carbonyl (C=O) groups is 1. The topological polar surface area (TPSA) is 106 Å². The van der Waals surface area contributed by atoms with Crippen LogP contribution in [0.5, 0.6) is 0 Å².